The zero-order valence-corrected chi connectivity index (χ0v) is 12.2. The Morgan fingerprint density at radius 1 is 1.39 bits per heavy atom. The van der Waals surface area contributed by atoms with Gasteiger partial charge in [0.05, 0.1) is 6.04 Å². The van der Waals surface area contributed by atoms with E-state index in [0.29, 0.717) is 0 Å². The summed E-state index contributed by atoms with van der Waals surface area (Å²) in [6, 6.07) is 8.06. The highest BCUT2D eigenvalue weighted by Crippen LogP contribution is 2.28. The van der Waals surface area contributed by atoms with Gasteiger partial charge < -0.3 is 10.5 Å². The summed E-state index contributed by atoms with van der Waals surface area (Å²) in [7, 11) is 3.80. The van der Waals surface area contributed by atoms with Gasteiger partial charge in [0.15, 0.2) is 0 Å². The Morgan fingerprint density at radius 3 is 2.61 bits per heavy atom. The summed E-state index contributed by atoms with van der Waals surface area (Å²) in [6.07, 6.45) is 0.987. The maximum absolute atomic E-state index is 6.26. The van der Waals surface area contributed by atoms with Crippen LogP contribution in [0.15, 0.2) is 24.3 Å². The van der Waals surface area contributed by atoms with Crippen molar-refractivity contribution in [3.05, 3.63) is 34.9 Å². The molecule has 0 saturated heterocycles. The number of ether oxygens (including phenoxy) is 1. The molecule has 2 unspecified atom stereocenters. The van der Waals surface area contributed by atoms with Gasteiger partial charge in [0.1, 0.15) is 0 Å². The number of rotatable bonds is 7. The molecule has 3 nitrogen and oxygen atoms in total. The fourth-order valence-corrected chi connectivity index (χ4v) is 2.48. The number of likely N-dealkylation sites (N-methyl/N-ethyl adjacent to an activating group) is 1. The van der Waals surface area contributed by atoms with Gasteiger partial charge in [0.25, 0.3) is 0 Å². The zero-order chi connectivity index (χ0) is 13.5. The van der Waals surface area contributed by atoms with E-state index in [0.717, 1.165) is 30.2 Å². The second-order valence-corrected chi connectivity index (χ2v) is 5.06. The average molecular weight is 271 g/mol. The van der Waals surface area contributed by atoms with Gasteiger partial charge in [0.2, 0.25) is 0 Å². The summed E-state index contributed by atoms with van der Waals surface area (Å²) in [4.78, 5) is 2.24. The third kappa shape index (κ3) is 4.25. The first-order chi connectivity index (χ1) is 8.57. The smallest absolute Gasteiger partial charge is 0.0508 e. The highest BCUT2D eigenvalue weighted by atomic mass is 35.5. The van der Waals surface area contributed by atoms with E-state index in [2.05, 4.69) is 11.9 Å². The molecule has 1 rings (SSSR count). The van der Waals surface area contributed by atoms with Crippen molar-refractivity contribution in [2.75, 3.05) is 27.3 Å². The van der Waals surface area contributed by atoms with Gasteiger partial charge in [-0.25, -0.2) is 0 Å². The molecular weight excluding hydrogens is 248 g/mol. The summed E-state index contributed by atoms with van der Waals surface area (Å²) in [6.45, 7) is 3.71. The van der Waals surface area contributed by atoms with Crippen molar-refractivity contribution in [2.24, 2.45) is 5.73 Å². The van der Waals surface area contributed by atoms with Crippen LogP contribution in [0, 0.1) is 0 Å². The molecule has 0 radical (unpaired) electrons. The summed E-state index contributed by atoms with van der Waals surface area (Å²) in [5.41, 5.74) is 7.20. The molecule has 0 saturated carbocycles. The Bertz CT molecular complexity index is 357. The Balaban J connectivity index is 2.79. The third-order valence-corrected chi connectivity index (χ3v) is 3.40. The Morgan fingerprint density at radius 2 is 2.06 bits per heavy atom. The van der Waals surface area contributed by atoms with E-state index in [-0.39, 0.29) is 12.1 Å². The molecule has 1 aromatic rings. The van der Waals surface area contributed by atoms with Crippen LogP contribution in [0.1, 0.15) is 24.9 Å². The van der Waals surface area contributed by atoms with Crippen molar-refractivity contribution in [3.63, 3.8) is 0 Å². The van der Waals surface area contributed by atoms with Gasteiger partial charge in [-0.05, 0) is 32.0 Å². The molecule has 0 aliphatic heterocycles. The molecule has 0 bridgehead atoms. The minimum absolute atomic E-state index is 0.0254. The first-order valence-electron chi connectivity index (χ1n) is 6.27. The molecule has 18 heavy (non-hydrogen) atoms. The molecule has 0 aliphatic rings. The molecule has 102 valence electrons. The average Bonchev–Trinajstić information content (AvgIpc) is 2.32. The maximum Gasteiger partial charge on any atom is 0.0508 e. The van der Waals surface area contributed by atoms with Gasteiger partial charge in [0, 0.05) is 31.3 Å². The number of benzene rings is 1. The number of hydrogen-bond acceptors (Lipinski definition) is 3. The van der Waals surface area contributed by atoms with Crippen LogP contribution in [0.3, 0.4) is 0 Å². The van der Waals surface area contributed by atoms with E-state index < -0.39 is 0 Å². The summed E-state index contributed by atoms with van der Waals surface area (Å²) >= 11 is 6.26. The normalized spacial score (nSPS) is 14.8. The molecule has 0 heterocycles. The fourth-order valence-electron chi connectivity index (χ4n) is 2.23. The number of nitrogens with two attached hydrogens (primary N) is 1. The van der Waals surface area contributed by atoms with Crippen LogP contribution in [0.5, 0.6) is 0 Å². The number of hydrogen-bond donors (Lipinski definition) is 1. The van der Waals surface area contributed by atoms with E-state index in [1.54, 1.807) is 7.11 Å². The van der Waals surface area contributed by atoms with Crippen LogP contribution < -0.4 is 5.73 Å². The Hall–Kier alpha value is -0.610. The SMILES string of the molecule is COCCCN(C)C(c1ccccc1Cl)C(C)N. The second-order valence-electron chi connectivity index (χ2n) is 4.65. The van der Waals surface area contributed by atoms with Crippen molar-refractivity contribution in [3.8, 4) is 0 Å². The van der Waals surface area contributed by atoms with Gasteiger partial charge in [-0.15, -0.1) is 0 Å². The van der Waals surface area contributed by atoms with E-state index >= 15 is 0 Å². The Labute approximate surface area is 115 Å². The van der Waals surface area contributed by atoms with Gasteiger partial charge >= 0.3 is 0 Å². The highest BCUT2D eigenvalue weighted by Gasteiger charge is 2.22. The number of nitrogens with zero attached hydrogens (tertiary/aromatic N) is 1. The van der Waals surface area contributed by atoms with Crippen LogP contribution in [0.2, 0.25) is 5.02 Å². The predicted octanol–water partition coefficient (Wildman–Crippen LogP) is 2.70. The summed E-state index contributed by atoms with van der Waals surface area (Å²) in [5, 5.41) is 0.776. The third-order valence-electron chi connectivity index (χ3n) is 3.06. The summed E-state index contributed by atoms with van der Waals surface area (Å²) in [5.74, 6) is 0. The van der Waals surface area contributed by atoms with Gasteiger partial charge in [-0.1, -0.05) is 29.8 Å². The van der Waals surface area contributed by atoms with Crippen molar-refractivity contribution in [1.29, 1.82) is 0 Å². The molecule has 1 aromatic carbocycles. The van der Waals surface area contributed by atoms with Gasteiger partial charge in [-0.3, -0.25) is 4.90 Å². The zero-order valence-electron chi connectivity index (χ0n) is 11.4. The van der Waals surface area contributed by atoms with Crippen molar-refractivity contribution in [1.82, 2.24) is 4.90 Å². The monoisotopic (exact) mass is 270 g/mol. The van der Waals surface area contributed by atoms with Crippen molar-refractivity contribution < 1.29 is 4.74 Å². The van der Waals surface area contributed by atoms with Crippen LogP contribution in [-0.2, 0) is 4.74 Å². The topological polar surface area (TPSA) is 38.5 Å². The van der Waals surface area contributed by atoms with Gasteiger partial charge in [-0.2, -0.15) is 0 Å². The molecule has 0 aliphatic carbocycles. The molecule has 4 heteroatoms. The Kier molecular flexibility index (Phi) is 6.65. The molecule has 0 amide bonds. The molecule has 2 N–H and O–H groups in total. The summed E-state index contributed by atoms with van der Waals surface area (Å²) < 4.78 is 5.08. The van der Waals surface area contributed by atoms with E-state index in [4.69, 9.17) is 22.1 Å². The van der Waals surface area contributed by atoms with Crippen LogP contribution in [-0.4, -0.2) is 38.3 Å². The first-order valence-corrected chi connectivity index (χ1v) is 6.65. The van der Waals surface area contributed by atoms with Crippen LogP contribution in [0.25, 0.3) is 0 Å². The largest absolute Gasteiger partial charge is 0.385 e. The predicted molar refractivity (Wildman–Crippen MR) is 77.0 cm³/mol. The minimum Gasteiger partial charge on any atom is -0.385 e. The number of methoxy groups -OCH3 is 1. The lowest BCUT2D eigenvalue weighted by Gasteiger charge is -2.32. The number of halogens is 1. The van der Waals surface area contributed by atoms with Crippen LogP contribution in [0.4, 0.5) is 0 Å². The standard InChI is InChI=1S/C14H23ClN2O/c1-11(16)14(17(2)9-6-10-18-3)12-7-4-5-8-13(12)15/h4-5,7-8,11,14H,6,9-10,16H2,1-3H3. The molecule has 0 spiro atoms. The van der Waals surface area contributed by atoms with E-state index in [1.807, 2.05) is 31.2 Å². The van der Waals surface area contributed by atoms with Crippen LogP contribution >= 0.6 is 11.6 Å². The highest BCUT2D eigenvalue weighted by molar-refractivity contribution is 6.31. The van der Waals surface area contributed by atoms with E-state index in [1.165, 1.54) is 0 Å². The maximum atomic E-state index is 6.26. The fraction of sp³-hybridized carbons (Fsp3) is 0.571. The lowest BCUT2D eigenvalue weighted by molar-refractivity contribution is 0.158. The lowest BCUT2D eigenvalue weighted by atomic mass is 9.99. The van der Waals surface area contributed by atoms with Crippen molar-refractivity contribution >= 4 is 11.6 Å². The first kappa shape index (κ1) is 15.4. The van der Waals surface area contributed by atoms with Crippen molar-refractivity contribution in [2.45, 2.75) is 25.4 Å². The second kappa shape index (κ2) is 7.74. The molecular formula is C14H23ClN2O. The minimum atomic E-state index is 0.0254. The van der Waals surface area contributed by atoms with E-state index in [9.17, 15) is 0 Å². The molecule has 0 fully saturated rings. The molecule has 2 atom stereocenters. The molecule has 0 aromatic heterocycles. The quantitative estimate of drug-likeness (QED) is 0.775. The lowest BCUT2D eigenvalue weighted by Crippen LogP contribution is -2.38.